The summed E-state index contributed by atoms with van der Waals surface area (Å²) in [7, 11) is 3.39. The molecule has 0 radical (unpaired) electrons. The molecule has 0 aliphatic heterocycles. The van der Waals surface area contributed by atoms with Crippen LogP contribution in [0.4, 0.5) is 0 Å². The molecular formula is C15H25NO2. The van der Waals surface area contributed by atoms with Gasteiger partial charge in [-0.2, -0.15) is 0 Å². The summed E-state index contributed by atoms with van der Waals surface area (Å²) in [5, 5.41) is 3.34. The van der Waals surface area contributed by atoms with E-state index in [-0.39, 0.29) is 0 Å². The highest BCUT2D eigenvalue weighted by atomic mass is 16.5. The Morgan fingerprint density at radius 2 is 1.89 bits per heavy atom. The number of nitrogens with one attached hydrogen (secondary N) is 1. The van der Waals surface area contributed by atoms with E-state index in [2.05, 4.69) is 18.3 Å². The molecule has 0 fully saturated rings. The highest BCUT2D eigenvalue weighted by Gasteiger charge is 2.04. The van der Waals surface area contributed by atoms with Crippen LogP contribution < -0.4 is 14.8 Å². The molecule has 1 rings (SSSR count). The molecule has 0 amide bonds. The number of rotatable bonds is 9. The van der Waals surface area contributed by atoms with Crippen LogP contribution in [0, 0.1) is 0 Å². The van der Waals surface area contributed by atoms with E-state index < -0.39 is 0 Å². The lowest BCUT2D eigenvalue weighted by Gasteiger charge is -2.10. The van der Waals surface area contributed by atoms with Gasteiger partial charge in [0.25, 0.3) is 0 Å². The van der Waals surface area contributed by atoms with Gasteiger partial charge in [-0.1, -0.05) is 19.4 Å². The van der Waals surface area contributed by atoms with Gasteiger partial charge in [-0.3, -0.25) is 0 Å². The topological polar surface area (TPSA) is 30.5 Å². The standard InChI is InChI=1S/C15H25NO2/c1-4-16-11-7-5-6-8-13-9-10-14(17-2)12-15(13)18-3/h9-10,12,16H,4-8,11H2,1-3H3. The van der Waals surface area contributed by atoms with Crippen LogP contribution in [0.25, 0.3) is 0 Å². The predicted octanol–water partition coefficient (Wildman–Crippen LogP) is 3.03. The van der Waals surface area contributed by atoms with Gasteiger partial charge in [-0.05, 0) is 44.0 Å². The first-order valence-electron chi connectivity index (χ1n) is 6.73. The zero-order valence-corrected chi connectivity index (χ0v) is 11.8. The van der Waals surface area contributed by atoms with Crippen molar-refractivity contribution in [3.8, 4) is 11.5 Å². The van der Waals surface area contributed by atoms with Crippen molar-refractivity contribution in [1.82, 2.24) is 5.32 Å². The van der Waals surface area contributed by atoms with Crippen molar-refractivity contribution in [3.05, 3.63) is 23.8 Å². The molecule has 1 aromatic carbocycles. The van der Waals surface area contributed by atoms with E-state index in [9.17, 15) is 0 Å². The molecule has 0 spiro atoms. The van der Waals surface area contributed by atoms with Crippen molar-refractivity contribution in [2.45, 2.75) is 32.6 Å². The van der Waals surface area contributed by atoms with Crippen LogP contribution in [0.1, 0.15) is 31.7 Å². The third kappa shape index (κ3) is 4.96. The van der Waals surface area contributed by atoms with E-state index in [1.165, 1.54) is 24.8 Å². The van der Waals surface area contributed by atoms with Crippen molar-refractivity contribution in [2.24, 2.45) is 0 Å². The van der Waals surface area contributed by atoms with E-state index >= 15 is 0 Å². The fourth-order valence-corrected chi connectivity index (χ4v) is 1.98. The summed E-state index contributed by atoms with van der Waals surface area (Å²) in [4.78, 5) is 0. The third-order valence-corrected chi connectivity index (χ3v) is 3.04. The van der Waals surface area contributed by atoms with Crippen LogP contribution in [-0.2, 0) is 6.42 Å². The van der Waals surface area contributed by atoms with E-state index in [0.717, 1.165) is 31.0 Å². The highest BCUT2D eigenvalue weighted by molar-refractivity contribution is 5.40. The lowest BCUT2D eigenvalue weighted by atomic mass is 10.1. The Balaban J connectivity index is 2.37. The number of benzene rings is 1. The maximum Gasteiger partial charge on any atom is 0.125 e. The monoisotopic (exact) mass is 251 g/mol. The van der Waals surface area contributed by atoms with Gasteiger partial charge in [-0.25, -0.2) is 0 Å². The molecule has 0 saturated carbocycles. The molecular weight excluding hydrogens is 226 g/mol. The summed E-state index contributed by atoms with van der Waals surface area (Å²) in [6.07, 6.45) is 4.77. The average Bonchev–Trinajstić information content (AvgIpc) is 2.42. The molecule has 0 saturated heterocycles. The molecule has 102 valence electrons. The van der Waals surface area contributed by atoms with Crippen LogP contribution in [0.15, 0.2) is 18.2 Å². The Morgan fingerprint density at radius 3 is 2.56 bits per heavy atom. The van der Waals surface area contributed by atoms with E-state index in [4.69, 9.17) is 9.47 Å². The molecule has 1 aromatic rings. The minimum Gasteiger partial charge on any atom is -0.497 e. The van der Waals surface area contributed by atoms with Crippen molar-refractivity contribution in [3.63, 3.8) is 0 Å². The number of ether oxygens (including phenoxy) is 2. The fraction of sp³-hybridized carbons (Fsp3) is 0.600. The molecule has 3 nitrogen and oxygen atoms in total. The Hall–Kier alpha value is -1.22. The molecule has 0 aromatic heterocycles. The quantitative estimate of drug-likeness (QED) is 0.684. The first-order chi connectivity index (χ1) is 8.81. The van der Waals surface area contributed by atoms with Crippen LogP contribution in [0.3, 0.4) is 0 Å². The van der Waals surface area contributed by atoms with Gasteiger partial charge in [0, 0.05) is 6.07 Å². The average molecular weight is 251 g/mol. The summed E-state index contributed by atoms with van der Waals surface area (Å²) in [5.41, 5.74) is 1.27. The molecule has 0 unspecified atom stereocenters. The van der Waals surface area contributed by atoms with Crippen molar-refractivity contribution in [1.29, 1.82) is 0 Å². The first-order valence-corrected chi connectivity index (χ1v) is 6.73. The molecule has 18 heavy (non-hydrogen) atoms. The summed E-state index contributed by atoms with van der Waals surface area (Å²) in [6.45, 7) is 4.32. The lowest BCUT2D eigenvalue weighted by Crippen LogP contribution is -2.13. The molecule has 0 heterocycles. The second-order valence-electron chi connectivity index (χ2n) is 4.34. The lowest BCUT2D eigenvalue weighted by molar-refractivity contribution is 0.390. The number of methoxy groups -OCH3 is 2. The number of unbranched alkanes of at least 4 members (excludes halogenated alkanes) is 2. The first kappa shape index (κ1) is 14.8. The summed E-state index contributed by atoms with van der Waals surface area (Å²) in [5.74, 6) is 1.78. The number of hydrogen-bond donors (Lipinski definition) is 1. The second kappa shape index (κ2) is 8.81. The number of hydrogen-bond acceptors (Lipinski definition) is 3. The maximum absolute atomic E-state index is 5.39. The van der Waals surface area contributed by atoms with Crippen LogP contribution in [-0.4, -0.2) is 27.3 Å². The minimum atomic E-state index is 0.850. The van der Waals surface area contributed by atoms with Gasteiger partial charge in [0.15, 0.2) is 0 Å². The highest BCUT2D eigenvalue weighted by Crippen LogP contribution is 2.25. The predicted molar refractivity (Wildman–Crippen MR) is 75.6 cm³/mol. The van der Waals surface area contributed by atoms with E-state index in [1.807, 2.05) is 12.1 Å². The van der Waals surface area contributed by atoms with Gasteiger partial charge < -0.3 is 14.8 Å². The van der Waals surface area contributed by atoms with Gasteiger partial charge in [0.05, 0.1) is 14.2 Å². The molecule has 0 aliphatic rings. The third-order valence-electron chi connectivity index (χ3n) is 3.04. The van der Waals surface area contributed by atoms with Crippen LogP contribution in [0.5, 0.6) is 11.5 Å². The Morgan fingerprint density at radius 1 is 1.06 bits per heavy atom. The minimum absolute atomic E-state index is 0.850. The van der Waals surface area contributed by atoms with Crippen molar-refractivity contribution in [2.75, 3.05) is 27.3 Å². The van der Waals surface area contributed by atoms with Crippen molar-refractivity contribution >= 4 is 0 Å². The van der Waals surface area contributed by atoms with E-state index in [1.54, 1.807) is 14.2 Å². The molecule has 1 N–H and O–H groups in total. The van der Waals surface area contributed by atoms with E-state index in [0.29, 0.717) is 0 Å². The van der Waals surface area contributed by atoms with Gasteiger partial charge in [0.1, 0.15) is 11.5 Å². The zero-order chi connectivity index (χ0) is 13.2. The van der Waals surface area contributed by atoms with Crippen molar-refractivity contribution < 1.29 is 9.47 Å². The normalized spacial score (nSPS) is 10.4. The zero-order valence-electron chi connectivity index (χ0n) is 11.8. The molecule has 3 heteroatoms. The molecule has 0 bridgehead atoms. The van der Waals surface area contributed by atoms with Crippen LogP contribution >= 0.6 is 0 Å². The molecule has 0 aliphatic carbocycles. The SMILES string of the molecule is CCNCCCCCc1ccc(OC)cc1OC. The van der Waals surface area contributed by atoms with Gasteiger partial charge >= 0.3 is 0 Å². The van der Waals surface area contributed by atoms with Crippen LogP contribution in [0.2, 0.25) is 0 Å². The fourth-order valence-electron chi connectivity index (χ4n) is 1.98. The van der Waals surface area contributed by atoms with Gasteiger partial charge in [-0.15, -0.1) is 0 Å². The second-order valence-corrected chi connectivity index (χ2v) is 4.34. The summed E-state index contributed by atoms with van der Waals surface area (Å²) in [6, 6.07) is 6.05. The Bertz CT molecular complexity index is 339. The summed E-state index contributed by atoms with van der Waals surface area (Å²) < 4.78 is 10.6. The Kier molecular flexibility index (Phi) is 7.26. The maximum atomic E-state index is 5.39. The smallest absolute Gasteiger partial charge is 0.125 e. The summed E-state index contributed by atoms with van der Waals surface area (Å²) >= 11 is 0. The molecule has 0 atom stereocenters. The Labute approximate surface area is 110 Å². The number of aryl methyl sites for hydroxylation is 1. The van der Waals surface area contributed by atoms with Gasteiger partial charge in [0.2, 0.25) is 0 Å². The largest absolute Gasteiger partial charge is 0.497 e.